The molecule has 0 heterocycles. The van der Waals surface area contributed by atoms with Gasteiger partial charge in [0.15, 0.2) is 0 Å². The third kappa shape index (κ3) is 3.91. The molecule has 0 saturated heterocycles. The van der Waals surface area contributed by atoms with Gasteiger partial charge in [0.2, 0.25) is 0 Å². The summed E-state index contributed by atoms with van der Waals surface area (Å²) in [5, 5.41) is 0. The van der Waals surface area contributed by atoms with E-state index in [1.165, 1.54) is 0 Å². The summed E-state index contributed by atoms with van der Waals surface area (Å²) in [7, 11) is 0. The predicted octanol–water partition coefficient (Wildman–Crippen LogP) is 3.18. The van der Waals surface area contributed by atoms with Gasteiger partial charge in [-0.2, -0.15) is 0 Å². The average molecular weight is 308 g/mol. The highest BCUT2D eigenvalue weighted by molar-refractivity contribution is 9.11. The minimum Gasteiger partial charge on any atom is -0.493 e. The SMILES string of the molecule is O=CCCOc1cc(Br)cc(Br)c1. The second-order valence-electron chi connectivity index (χ2n) is 2.41. The number of carbonyl (C=O) groups is 1. The lowest BCUT2D eigenvalue weighted by molar-refractivity contribution is -0.108. The van der Waals surface area contributed by atoms with Gasteiger partial charge in [0, 0.05) is 15.4 Å². The average Bonchev–Trinajstić information content (AvgIpc) is 2.03. The molecule has 1 rings (SSSR count). The molecule has 0 saturated carbocycles. The van der Waals surface area contributed by atoms with E-state index in [9.17, 15) is 4.79 Å². The quantitative estimate of drug-likeness (QED) is 0.631. The molecule has 4 heteroatoms. The molecular weight excluding hydrogens is 300 g/mol. The van der Waals surface area contributed by atoms with Crippen LogP contribution in [0.15, 0.2) is 27.1 Å². The molecule has 0 unspecified atom stereocenters. The largest absolute Gasteiger partial charge is 0.493 e. The monoisotopic (exact) mass is 306 g/mol. The summed E-state index contributed by atoms with van der Waals surface area (Å²) in [4.78, 5) is 10.0. The Morgan fingerprint density at radius 3 is 2.38 bits per heavy atom. The van der Waals surface area contributed by atoms with Crippen molar-refractivity contribution in [2.75, 3.05) is 6.61 Å². The summed E-state index contributed by atoms with van der Waals surface area (Å²) in [6.07, 6.45) is 1.26. The Balaban J connectivity index is 2.60. The smallest absolute Gasteiger partial charge is 0.123 e. The van der Waals surface area contributed by atoms with Crippen LogP contribution in [0.2, 0.25) is 0 Å². The van der Waals surface area contributed by atoms with Crippen molar-refractivity contribution in [1.29, 1.82) is 0 Å². The zero-order valence-electron chi connectivity index (χ0n) is 6.80. The van der Waals surface area contributed by atoms with Crippen molar-refractivity contribution in [3.63, 3.8) is 0 Å². The summed E-state index contributed by atoms with van der Waals surface area (Å²) >= 11 is 6.68. The van der Waals surface area contributed by atoms with Gasteiger partial charge >= 0.3 is 0 Å². The van der Waals surface area contributed by atoms with Crippen LogP contribution in [-0.2, 0) is 4.79 Å². The molecule has 13 heavy (non-hydrogen) atoms. The molecule has 1 aromatic carbocycles. The molecule has 0 aliphatic rings. The zero-order chi connectivity index (χ0) is 9.68. The Bertz CT molecular complexity index is 279. The van der Waals surface area contributed by atoms with Gasteiger partial charge in [-0.1, -0.05) is 31.9 Å². The van der Waals surface area contributed by atoms with Crippen molar-refractivity contribution < 1.29 is 9.53 Å². The molecule has 1 aromatic rings. The normalized spacial score (nSPS) is 9.69. The van der Waals surface area contributed by atoms with Crippen LogP contribution >= 0.6 is 31.9 Å². The van der Waals surface area contributed by atoms with Crippen molar-refractivity contribution in [3.05, 3.63) is 27.1 Å². The van der Waals surface area contributed by atoms with E-state index in [-0.39, 0.29) is 0 Å². The third-order valence-electron chi connectivity index (χ3n) is 1.34. The van der Waals surface area contributed by atoms with E-state index in [0.717, 1.165) is 21.0 Å². The zero-order valence-corrected chi connectivity index (χ0v) is 9.97. The minimum absolute atomic E-state index is 0.421. The van der Waals surface area contributed by atoms with Crippen molar-refractivity contribution in [2.24, 2.45) is 0 Å². The second-order valence-corrected chi connectivity index (χ2v) is 4.24. The summed E-state index contributed by atoms with van der Waals surface area (Å²) in [6, 6.07) is 5.64. The van der Waals surface area contributed by atoms with Gasteiger partial charge < -0.3 is 9.53 Å². The highest BCUT2D eigenvalue weighted by Gasteiger charge is 1.97. The minimum atomic E-state index is 0.421. The Hall–Kier alpha value is -0.350. The topological polar surface area (TPSA) is 26.3 Å². The van der Waals surface area contributed by atoms with E-state index >= 15 is 0 Å². The Kier molecular flexibility index (Phi) is 4.45. The second kappa shape index (κ2) is 5.40. The van der Waals surface area contributed by atoms with Crippen LogP contribution in [-0.4, -0.2) is 12.9 Å². The van der Waals surface area contributed by atoms with Crippen LogP contribution < -0.4 is 4.74 Å². The highest BCUT2D eigenvalue weighted by atomic mass is 79.9. The number of benzene rings is 1. The number of hydrogen-bond donors (Lipinski definition) is 0. The van der Waals surface area contributed by atoms with Crippen LogP contribution in [0.5, 0.6) is 5.75 Å². The molecule has 2 nitrogen and oxygen atoms in total. The molecule has 0 aliphatic heterocycles. The van der Waals surface area contributed by atoms with Crippen LogP contribution in [0.25, 0.3) is 0 Å². The van der Waals surface area contributed by atoms with Crippen LogP contribution in [0.4, 0.5) is 0 Å². The first-order valence-electron chi connectivity index (χ1n) is 3.75. The van der Waals surface area contributed by atoms with E-state index in [1.54, 1.807) is 0 Å². The molecule has 0 atom stereocenters. The summed E-state index contributed by atoms with van der Waals surface area (Å²) in [5.74, 6) is 0.753. The van der Waals surface area contributed by atoms with Crippen LogP contribution in [0.3, 0.4) is 0 Å². The fourth-order valence-electron chi connectivity index (χ4n) is 0.837. The predicted molar refractivity (Wildman–Crippen MR) is 58.0 cm³/mol. The van der Waals surface area contributed by atoms with Gasteiger partial charge in [0.1, 0.15) is 12.0 Å². The molecule has 0 aliphatic carbocycles. The first-order chi connectivity index (χ1) is 6.22. The first-order valence-corrected chi connectivity index (χ1v) is 5.33. The fraction of sp³-hybridized carbons (Fsp3) is 0.222. The maximum Gasteiger partial charge on any atom is 0.123 e. The molecule has 0 fully saturated rings. The lowest BCUT2D eigenvalue weighted by Gasteiger charge is -2.04. The summed E-state index contributed by atoms with van der Waals surface area (Å²) in [5.41, 5.74) is 0. The third-order valence-corrected chi connectivity index (χ3v) is 2.26. The van der Waals surface area contributed by atoms with Gasteiger partial charge in [-0.3, -0.25) is 0 Å². The summed E-state index contributed by atoms with van der Waals surface area (Å²) < 4.78 is 7.21. The molecule has 0 aromatic heterocycles. The molecule has 0 amide bonds. The van der Waals surface area contributed by atoms with E-state index in [0.29, 0.717) is 13.0 Å². The number of ether oxygens (including phenoxy) is 1. The van der Waals surface area contributed by atoms with Gasteiger partial charge in [-0.05, 0) is 18.2 Å². The van der Waals surface area contributed by atoms with Gasteiger partial charge in [0.25, 0.3) is 0 Å². The van der Waals surface area contributed by atoms with Crippen molar-refractivity contribution in [1.82, 2.24) is 0 Å². The number of rotatable bonds is 4. The molecule has 0 bridgehead atoms. The number of halogens is 2. The van der Waals surface area contributed by atoms with Gasteiger partial charge in [-0.25, -0.2) is 0 Å². The standard InChI is InChI=1S/C9H8Br2O2/c10-7-4-8(11)6-9(5-7)13-3-1-2-12/h2,4-6H,1,3H2. The lowest BCUT2D eigenvalue weighted by atomic mass is 10.3. The van der Waals surface area contributed by atoms with E-state index < -0.39 is 0 Å². The van der Waals surface area contributed by atoms with Crippen molar-refractivity contribution in [2.45, 2.75) is 6.42 Å². The van der Waals surface area contributed by atoms with E-state index in [4.69, 9.17) is 4.74 Å². The number of carbonyl (C=O) groups excluding carboxylic acids is 1. The number of hydrogen-bond acceptors (Lipinski definition) is 2. The molecule has 70 valence electrons. The maximum absolute atomic E-state index is 10.0. The van der Waals surface area contributed by atoms with Gasteiger partial charge in [0.05, 0.1) is 6.61 Å². The number of aldehydes is 1. The first kappa shape index (κ1) is 10.7. The Morgan fingerprint density at radius 2 is 1.85 bits per heavy atom. The highest BCUT2D eigenvalue weighted by Crippen LogP contribution is 2.24. The van der Waals surface area contributed by atoms with Crippen molar-refractivity contribution >= 4 is 38.1 Å². The van der Waals surface area contributed by atoms with Crippen LogP contribution in [0.1, 0.15) is 6.42 Å². The molecule has 0 radical (unpaired) electrons. The van der Waals surface area contributed by atoms with Crippen LogP contribution in [0, 0.1) is 0 Å². The lowest BCUT2D eigenvalue weighted by Crippen LogP contribution is -1.97. The van der Waals surface area contributed by atoms with E-state index in [2.05, 4.69) is 31.9 Å². The Morgan fingerprint density at radius 1 is 1.23 bits per heavy atom. The fourth-order valence-corrected chi connectivity index (χ4v) is 2.09. The summed E-state index contributed by atoms with van der Waals surface area (Å²) in [6.45, 7) is 0.423. The van der Waals surface area contributed by atoms with Crippen molar-refractivity contribution in [3.8, 4) is 5.75 Å². The van der Waals surface area contributed by atoms with E-state index in [1.807, 2.05) is 18.2 Å². The molecular formula is C9H8Br2O2. The van der Waals surface area contributed by atoms with Gasteiger partial charge in [-0.15, -0.1) is 0 Å². The molecule has 0 N–H and O–H groups in total. The maximum atomic E-state index is 10.0. The molecule has 0 spiro atoms. The Labute approximate surface area is 93.5 Å².